The number of rotatable bonds is 1. The summed E-state index contributed by atoms with van der Waals surface area (Å²) in [6, 6.07) is 5.12. The Morgan fingerprint density at radius 2 is 1.90 bits per heavy atom. The Balaban J connectivity index is 0.000000796. The summed E-state index contributed by atoms with van der Waals surface area (Å²) in [4.78, 5) is 24.1. The van der Waals surface area contributed by atoms with E-state index in [0.717, 1.165) is 4.90 Å². The first-order valence-electron chi connectivity index (χ1n) is 5.48. The average Bonchev–Trinajstić information content (AvgIpc) is 2.48. The first-order valence-corrected chi connectivity index (χ1v) is 5.48. The SMILES string of the molecule is CN=C=O.CNC(=O)N(C)C(=N)Nc1ccc(F)cc1. The van der Waals surface area contributed by atoms with Crippen molar-refractivity contribution in [2.75, 3.05) is 26.5 Å². The number of halogens is 1. The Morgan fingerprint density at radius 3 is 2.30 bits per heavy atom. The number of carbonyl (C=O) groups is 1. The molecule has 7 nitrogen and oxygen atoms in total. The van der Waals surface area contributed by atoms with E-state index in [1.807, 2.05) is 0 Å². The first-order chi connectivity index (χ1) is 9.46. The predicted octanol–water partition coefficient (Wildman–Crippen LogP) is 1.40. The summed E-state index contributed by atoms with van der Waals surface area (Å²) in [5.41, 5.74) is 0.544. The smallest absolute Gasteiger partial charge is 0.323 e. The molecule has 0 fully saturated rings. The van der Waals surface area contributed by atoms with Crippen LogP contribution < -0.4 is 10.6 Å². The van der Waals surface area contributed by atoms with Gasteiger partial charge in [0.2, 0.25) is 12.0 Å². The van der Waals surface area contributed by atoms with E-state index in [2.05, 4.69) is 15.6 Å². The van der Waals surface area contributed by atoms with Crippen LogP contribution in [0.4, 0.5) is 14.9 Å². The van der Waals surface area contributed by atoms with Gasteiger partial charge in [0.05, 0.1) is 0 Å². The van der Waals surface area contributed by atoms with Crippen LogP contribution in [0.1, 0.15) is 0 Å². The molecule has 0 aromatic heterocycles. The van der Waals surface area contributed by atoms with Crippen LogP contribution in [-0.4, -0.2) is 44.1 Å². The fourth-order valence-electron chi connectivity index (χ4n) is 1.02. The molecular weight excluding hydrogens is 265 g/mol. The maximum Gasteiger partial charge on any atom is 0.323 e. The molecule has 8 heteroatoms. The first kappa shape index (κ1) is 17.3. The van der Waals surface area contributed by atoms with E-state index in [0.29, 0.717) is 5.69 Å². The highest BCUT2D eigenvalue weighted by Gasteiger charge is 2.11. The summed E-state index contributed by atoms with van der Waals surface area (Å²) in [7, 11) is 4.31. The second-order valence-electron chi connectivity index (χ2n) is 3.41. The van der Waals surface area contributed by atoms with Crippen molar-refractivity contribution in [3.05, 3.63) is 30.1 Å². The number of anilines is 1. The molecule has 0 aliphatic rings. The summed E-state index contributed by atoms with van der Waals surface area (Å²) < 4.78 is 12.6. The van der Waals surface area contributed by atoms with Gasteiger partial charge < -0.3 is 10.6 Å². The maximum absolute atomic E-state index is 12.6. The molecule has 20 heavy (non-hydrogen) atoms. The lowest BCUT2D eigenvalue weighted by atomic mass is 10.3. The Bertz CT molecular complexity index is 497. The quantitative estimate of drug-likeness (QED) is 0.412. The zero-order valence-corrected chi connectivity index (χ0v) is 11.4. The van der Waals surface area contributed by atoms with Crippen LogP contribution in [0.3, 0.4) is 0 Å². The number of aliphatic imine (C=N–C) groups is 1. The summed E-state index contributed by atoms with van der Waals surface area (Å²) in [5, 5.41) is 12.6. The van der Waals surface area contributed by atoms with Gasteiger partial charge in [0, 0.05) is 26.8 Å². The van der Waals surface area contributed by atoms with Crippen molar-refractivity contribution in [1.82, 2.24) is 10.2 Å². The van der Waals surface area contributed by atoms with Gasteiger partial charge in [0.15, 0.2) is 0 Å². The largest absolute Gasteiger partial charge is 0.341 e. The number of nitrogens with one attached hydrogen (secondary N) is 3. The lowest BCUT2D eigenvalue weighted by Crippen LogP contribution is -2.42. The van der Waals surface area contributed by atoms with E-state index < -0.39 is 6.03 Å². The minimum atomic E-state index is -0.403. The van der Waals surface area contributed by atoms with Gasteiger partial charge in [-0.3, -0.25) is 10.3 Å². The molecule has 0 heterocycles. The Kier molecular flexibility index (Phi) is 7.97. The summed E-state index contributed by atoms with van der Waals surface area (Å²) >= 11 is 0. The topological polar surface area (TPSA) is 97.7 Å². The van der Waals surface area contributed by atoms with Gasteiger partial charge >= 0.3 is 6.03 Å². The van der Waals surface area contributed by atoms with Crippen molar-refractivity contribution in [3.8, 4) is 0 Å². The number of hydrogen-bond donors (Lipinski definition) is 3. The molecule has 1 aromatic carbocycles. The number of nitrogens with zero attached hydrogens (tertiary/aromatic N) is 2. The fourth-order valence-corrected chi connectivity index (χ4v) is 1.02. The molecule has 2 amide bonds. The van der Waals surface area contributed by atoms with E-state index >= 15 is 0 Å². The molecule has 0 saturated carbocycles. The molecule has 0 aliphatic heterocycles. The third kappa shape index (κ3) is 6.27. The number of guanidine groups is 1. The minimum absolute atomic E-state index is 0.0917. The lowest BCUT2D eigenvalue weighted by molar-refractivity contribution is 0.228. The Labute approximate surface area is 116 Å². The van der Waals surface area contributed by atoms with Crippen LogP contribution >= 0.6 is 0 Å². The second kappa shape index (κ2) is 9.23. The summed E-state index contributed by atoms with van der Waals surface area (Å²) in [5.74, 6) is -0.442. The zero-order chi connectivity index (χ0) is 15.5. The minimum Gasteiger partial charge on any atom is -0.341 e. The molecule has 1 rings (SSSR count). The standard InChI is InChI=1S/C10H13FN4O.C2H3NO/c1-13-10(16)15(2)9(12)14-8-5-3-7(11)4-6-8;1-3-2-4/h3-6H,1-2H3,(H2,12,14)(H,13,16);1H3. The zero-order valence-electron chi connectivity index (χ0n) is 11.4. The van der Waals surface area contributed by atoms with Crippen molar-refractivity contribution >= 4 is 23.8 Å². The molecule has 0 atom stereocenters. The van der Waals surface area contributed by atoms with E-state index in [1.54, 1.807) is 0 Å². The molecule has 3 N–H and O–H groups in total. The van der Waals surface area contributed by atoms with Gasteiger partial charge in [0.25, 0.3) is 0 Å². The third-order valence-corrected chi connectivity index (χ3v) is 2.05. The highest BCUT2D eigenvalue weighted by molar-refractivity contribution is 6.01. The number of amides is 2. The molecule has 108 valence electrons. The molecule has 0 saturated heterocycles. The highest BCUT2D eigenvalue weighted by atomic mass is 19.1. The second-order valence-corrected chi connectivity index (χ2v) is 3.41. The maximum atomic E-state index is 12.6. The number of isocyanates is 1. The van der Waals surface area contributed by atoms with Crippen molar-refractivity contribution in [2.45, 2.75) is 0 Å². The molecule has 0 bridgehead atoms. The number of urea groups is 1. The number of carbonyl (C=O) groups excluding carboxylic acids is 2. The molecule has 1 aromatic rings. The van der Waals surface area contributed by atoms with E-state index in [9.17, 15) is 9.18 Å². The predicted molar refractivity (Wildman–Crippen MR) is 74.0 cm³/mol. The Hall–Kier alpha value is -2.73. The van der Waals surface area contributed by atoms with Crippen LogP contribution in [0, 0.1) is 11.2 Å². The van der Waals surface area contributed by atoms with Crippen LogP contribution in [0.5, 0.6) is 0 Å². The van der Waals surface area contributed by atoms with E-state index in [-0.39, 0.29) is 11.8 Å². The van der Waals surface area contributed by atoms with Crippen LogP contribution in [0.2, 0.25) is 0 Å². The summed E-state index contributed by atoms with van der Waals surface area (Å²) in [6.45, 7) is 0. The van der Waals surface area contributed by atoms with E-state index in [1.165, 1.54) is 51.5 Å². The summed E-state index contributed by atoms with van der Waals surface area (Å²) in [6.07, 6.45) is 1.31. The van der Waals surface area contributed by atoms with Gasteiger partial charge in [-0.25, -0.2) is 19.0 Å². The van der Waals surface area contributed by atoms with Crippen molar-refractivity contribution in [1.29, 1.82) is 5.41 Å². The van der Waals surface area contributed by atoms with Crippen LogP contribution in [-0.2, 0) is 4.79 Å². The van der Waals surface area contributed by atoms with Gasteiger partial charge in [-0.1, -0.05) is 0 Å². The Morgan fingerprint density at radius 1 is 1.40 bits per heavy atom. The van der Waals surface area contributed by atoms with Crippen molar-refractivity contribution in [3.63, 3.8) is 0 Å². The normalized spacial score (nSPS) is 8.40. The molecular formula is C12H16FN5O2. The van der Waals surface area contributed by atoms with Crippen LogP contribution in [0.25, 0.3) is 0 Å². The van der Waals surface area contributed by atoms with E-state index in [4.69, 9.17) is 10.2 Å². The van der Waals surface area contributed by atoms with Crippen molar-refractivity contribution < 1.29 is 14.0 Å². The number of hydrogen-bond acceptors (Lipinski definition) is 4. The van der Waals surface area contributed by atoms with Gasteiger partial charge in [0.1, 0.15) is 5.82 Å². The molecule has 0 aliphatic carbocycles. The third-order valence-electron chi connectivity index (χ3n) is 2.05. The average molecular weight is 281 g/mol. The van der Waals surface area contributed by atoms with Gasteiger partial charge in [-0.15, -0.1) is 0 Å². The lowest BCUT2D eigenvalue weighted by Gasteiger charge is -2.18. The van der Waals surface area contributed by atoms with Gasteiger partial charge in [-0.05, 0) is 24.3 Å². The van der Waals surface area contributed by atoms with Crippen molar-refractivity contribution in [2.24, 2.45) is 4.99 Å². The molecule has 0 radical (unpaired) electrons. The fraction of sp³-hybridized carbons (Fsp3) is 0.250. The molecule has 0 unspecified atom stereocenters. The number of benzene rings is 1. The highest BCUT2D eigenvalue weighted by Crippen LogP contribution is 2.08. The molecule has 0 spiro atoms. The monoisotopic (exact) mass is 281 g/mol. The van der Waals surface area contributed by atoms with Crippen LogP contribution in [0.15, 0.2) is 29.3 Å². The van der Waals surface area contributed by atoms with Gasteiger partial charge in [-0.2, -0.15) is 0 Å².